The fourth-order valence-corrected chi connectivity index (χ4v) is 1.78. The summed E-state index contributed by atoms with van der Waals surface area (Å²) in [6.45, 7) is -0.0581. The van der Waals surface area contributed by atoms with Gasteiger partial charge in [-0.05, 0) is 18.1 Å². The number of aliphatic hydroxyl groups is 1. The van der Waals surface area contributed by atoms with Crippen molar-refractivity contribution in [2.24, 2.45) is 0 Å². The van der Waals surface area contributed by atoms with Gasteiger partial charge in [-0.25, -0.2) is 14.8 Å². The highest BCUT2D eigenvalue weighted by Gasteiger charge is 2.15. The van der Waals surface area contributed by atoms with Crippen LogP contribution in [0, 0.1) is 0 Å². The lowest BCUT2D eigenvalue weighted by Gasteiger charge is -2.06. The quantitative estimate of drug-likeness (QED) is 0.800. The van der Waals surface area contributed by atoms with Gasteiger partial charge in [-0.2, -0.15) is 0 Å². The molecule has 2 rings (SSSR count). The molecule has 1 aliphatic rings. The van der Waals surface area contributed by atoms with Crippen molar-refractivity contribution in [2.45, 2.75) is 6.42 Å². The number of anilines is 1. The van der Waals surface area contributed by atoms with Crippen molar-refractivity contribution in [2.75, 3.05) is 19.5 Å². The van der Waals surface area contributed by atoms with Crippen LogP contribution in [0.4, 0.5) is 5.82 Å². The van der Waals surface area contributed by atoms with Crippen LogP contribution >= 0.6 is 0 Å². The van der Waals surface area contributed by atoms with E-state index in [9.17, 15) is 9.90 Å². The molecule has 0 spiro atoms. The number of hydrogen-bond donors (Lipinski definition) is 2. The van der Waals surface area contributed by atoms with Crippen molar-refractivity contribution >= 4 is 17.4 Å². The first-order valence-electron chi connectivity index (χ1n) is 6.05. The first-order chi connectivity index (χ1) is 9.65. The first-order valence-corrected chi connectivity index (χ1v) is 6.05. The standard InChI is InChI=1S/C14H15N3O3/c1-20-14(19)12-13(15)16-7-11(17-12)10-5-3-2-4-9(6-10)8-18/h3-7,18H,2,8H2,1H3,(H2,15,16). The number of aliphatic hydroxyl groups excluding tert-OH is 1. The van der Waals surface area contributed by atoms with Crippen LogP contribution in [0.25, 0.3) is 5.57 Å². The minimum atomic E-state index is -0.632. The molecule has 0 aromatic carbocycles. The van der Waals surface area contributed by atoms with Gasteiger partial charge in [-0.1, -0.05) is 18.2 Å². The molecule has 0 radical (unpaired) electrons. The van der Waals surface area contributed by atoms with Gasteiger partial charge in [-0.15, -0.1) is 0 Å². The zero-order valence-electron chi connectivity index (χ0n) is 11.0. The van der Waals surface area contributed by atoms with Gasteiger partial charge in [0.2, 0.25) is 0 Å². The molecule has 104 valence electrons. The van der Waals surface area contributed by atoms with E-state index in [-0.39, 0.29) is 18.1 Å². The van der Waals surface area contributed by atoms with Crippen molar-refractivity contribution < 1.29 is 14.6 Å². The Morgan fingerprint density at radius 3 is 3.05 bits per heavy atom. The molecule has 1 aromatic rings. The highest BCUT2D eigenvalue weighted by atomic mass is 16.5. The third kappa shape index (κ3) is 2.92. The molecule has 20 heavy (non-hydrogen) atoms. The molecule has 1 heterocycles. The molecule has 0 unspecified atom stereocenters. The Labute approximate surface area is 116 Å². The van der Waals surface area contributed by atoms with Crippen molar-refractivity contribution in [3.05, 3.63) is 47.5 Å². The van der Waals surface area contributed by atoms with Crippen LogP contribution in [-0.2, 0) is 4.74 Å². The molecule has 1 aromatic heterocycles. The second kappa shape index (κ2) is 6.12. The second-order valence-corrected chi connectivity index (χ2v) is 4.16. The number of carbonyl (C=O) groups excluding carboxylic acids is 1. The number of methoxy groups -OCH3 is 1. The summed E-state index contributed by atoms with van der Waals surface area (Å²) in [6, 6.07) is 0. The van der Waals surface area contributed by atoms with E-state index in [1.54, 1.807) is 6.08 Å². The number of nitrogen functional groups attached to an aromatic ring is 1. The monoisotopic (exact) mass is 273 g/mol. The van der Waals surface area contributed by atoms with E-state index in [0.717, 1.165) is 17.6 Å². The summed E-state index contributed by atoms with van der Waals surface area (Å²) < 4.78 is 4.62. The molecule has 0 saturated heterocycles. The molecule has 0 fully saturated rings. The fourth-order valence-electron chi connectivity index (χ4n) is 1.78. The number of carbonyl (C=O) groups is 1. The summed E-state index contributed by atoms with van der Waals surface area (Å²) in [7, 11) is 1.26. The van der Waals surface area contributed by atoms with Crippen LogP contribution in [0.15, 0.2) is 36.1 Å². The molecular weight excluding hydrogens is 258 g/mol. The third-order valence-corrected chi connectivity index (χ3v) is 2.81. The lowest BCUT2D eigenvalue weighted by Crippen LogP contribution is -2.11. The third-order valence-electron chi connectivity index (χ3n) is 2.81. The molecule has 0 amide bonds. The van der Waals surface area contributed by atoms with Gasteiger partial charge in [0.1, 0.15) is 0 Å². The van der Waals surface area contributed by atoms with Crippen molar-refractivity contribution in [3.8, 4) is 0 Å². The normalized spacial score (nSPS) is 14.3. The highest BCUT2D eigenvalue weighted by molar-refractivity contribution is 5.92. The number of nitrogens with two attached hydrogens (primary N) is 1. The van der Waals surface area contributed by atoms with Crippen LogP contribution in [0.3, 0.4) is 0 Å². The topological polar surface area (TPSA) is 98.3 Å². The molecule has 6 nitrogen and oxygen atoms in total. The lowest BCUT2D eigenvalue weighted by atomic mass is 10.1. The fraction of sp³-hybridized carbons (Fsp3) is 0.214. The van der Waals surface area contributed by atoms with Gasteiger partial charge in [0, 0.05) is 5.57 Å². The van der Waals surface area contributed by atoms with Gasteiger partial charge in [-0.3, -0.25) is 0 Å². The van der Waals surface area contributed by atoms with Gasteiger partial charge < -0.3 is 15.6 Å². The maximum atomic E-state index is 11.6. The minimum absolute atomic E-state index is 0.0157. The summed E-state index contributed by atoms with van der Waals surface area (Å²) in [4.78, 5) is 19.7. The predicted molar refractivity (Wildman–Crippen MR) is 74.7 cm³/mol. The Morgan fingerprint density at radius 2 is 2.35 bits per heavy atom. The van der Waals surface area contributed by atoms with Gasteiger partial charge >= 0.3 is 5.97 Å². The average molecular weight is 273 g/mol. The molecule has 0 aliphatic heterocycles. The average Bonchev–Trinajstić information content (AvgIpc) is 2.72. The Morgan fingerprint density at radius 1 is 1.55 bits per heavy atom. The predicted octanol–water partition coefficient (Wildman–Crippen LogP) is 1.11. The number of hydrogen-bond acceptors (Lipinski definition) is 6. The Hall–Kier alpha value is -2.47. The molecule has 0 saturated carbocycles. The maximum absolute atomic E-state index is 11.6. The van der Waals surface area contributed by atoms with Gasteiger partial charge in [0.15, 0.2) is 11.5 Å². The number of rotatable bonds is 3. The van der Waals surface area contributed by atoms with Crippen molar-refractivity contribution in [1.82, 2.24) is 9.97 Å². The number of ether oxygens (including phenoxy) is 1. The lowest BCUT2D eigenvalue weighted by molar-refractivity contribution is 0.0595. The van der Waals surface area contributed by atoms with E-state index < -0.39 is 5.97 Å². The van der Waals surface area contributed by atoms with Crippen LogP contribution < -0.4 is 5.73 Å². The van der Waals surface area contributed by atoms with Crippen LogP contribution in [-0.4, -0.2) is 34.8 Å². The Balaban J connectivity index is 2.45. The summed E-state index contributed by atoms with van der Waals surface area (Å²) in [5.41, 5.74) is 7.63. The molecular formula is C14H15N3O3. The smallest absolute Gasteiger partial charge is 0.360 e. The number of nitrogens with zero attached hydrogens (tertiary/aromatic N) is 2. The Kier molecular flexibility index (Phi) is 4.27. The summed E-state index contributed by atoms with van der Waals surface area (Å²) in [5.74, 6) is -0.607. The Bertz CT molecular complexity index is 618. The second-order valence-electron chi connectivity index (χ2n) is 4.16. The first kappa shape index (κ1) is 14.0. The summed E-state index contributed by atoms with van der Waals surface area (Å²) in [5, 5.41) is 9.23. The molecule has 1 aliphatic carbocycles. The van der Waals surface area contributed by atoms with E-state index in [0.29, 0.717) is 5.69 Å². The maximum Gasteiger partial charge on any atom is 0.360 e. The van der Waals surface area contributed by atoms with E-state index in [2.05, 4.69) is 14.7 Å². The molecule has 0 bridgehead atoms. The number of aromatic nitrogens is 2. The van der Waals surface area contributed by atoms with Crippen LogP contribution in [0.1, 0.15) is 22.6 Å². The van der Waals surface area contributed by atoms with Crippen LogP contribution in [0.5, 0.6) is 0 Å². The van der Waals surface area contributed by atoms with Crippen LogP contribution in [0.2, 0.25) is 0 Å². The highest BCUT2D eigenvalue weighted by Crippen LogP contribution is 2.21. The molecule has 3 N–H and O–H groups in total. The number of allylic oxidation sites excluding steroid dienone is 4. The van der Waals surface area contributed by atoms with Crippen molar-refractivity contribution in [3.63, 3.8) is 0 Å². The van der Waals surface area contributed by atoms with E-state index in [1.165, 1.54) is 13.3 Å². The van der Waals surface area contributed by atoms with E-state index >= 15 is 0 Å². The molecule has 0 atom stereocenters. The molecule has 6 heteroatoms. The zero-order chi connectivity index (χ0) is 14.5. The van der Waals surface area contributed by atoms with Gasteiger partial charge in [0.25, 0.3) is 0 Å². The summed E-state index contributed by atoms with van der Waals surface area (Å²) in [6.07, 6.45) is 9.71. The minimum Gasteiger partial charge on any atom is -0.464 e. The zero-order valence-corrected chi connectivity index (χ0v) is 11.0. The SMILES string of the molecule is COC(=O)c1nc(C2=CC(CO)=CCC=C2)cnc1N. The summed E-state index contributed by atoms with van der Waals surface area (Å²) >= 11 is 0. The van der Waals surface area contributed by atoms with E-state index in [1.807, 2.05) is 18.2 Å². The van der Waals surface area contributed by atoms with Crippen molar-refractivity contribution in [1.29, 1.82) is 0 Å². The van der Waals surface area contributed by atoms with Gasteiger partial charge in [0.05, 0.1) is 25.6 Å². The number of esters is 1. The van der Waals surface area contributed by atoms with E-state index in [4.69, 9.17) is 5.73 Å². The largest absolute Gasteiger partial charge is 0.464 e.